The molecule has 2 fully saturated rings. The van der Waals surface area contributed by atoms with Crippen molar-refractivity contribution in [2.45, 2.75) is 25.0 Å². The van der Waals surface area contributed by atoms with Gasteiger partial charge in [-0.25, -0.2) is 8.42 Å². The maximum Gasteiger partial charge on any atom is 0.151 e. The summed E-state index contributed by atoms with van der Waals surface area (Å²) in [6, 6.07) is 0.316. The highest BCUT2D eigenvalue weighted by molar-refractivity contribution is 7.91. The molecule has 16 heavy (non-hydrogen) atoms. The minimum Gasteiger partial charge on any atom is -0.392 e. The summed E-state index contributed by atoms with van der Waals surface area (Å²) in [4.78, 5) is 2.19. The van der Waals surface area contributed by atoms with Crippen LogP contribution in [-0.4, -0.2) is 68.3 Å². The van der Waals surface area contributed by atoms with Crippen LogP contribution in [0.1, 0.15) is 12.8 Å². The predicted molar refractivity (Wildman–Crippen MR) is 62.1 cm³/mol. The second-order valence-corrected chi connectivity index (χ2v) is 7.10. The van der Waals surface area contributed by atoms with Gasteiger partial charge in [-0.05, 0) is 19.4 Å². The Bertz CT molecular complexity index is 331. The largest absolute Gasteiger partial charge is 0.392 e. The van der Waals surface area contributed by atoms with E-state index in [4.69, 9.17) is 0 Å². The molecule has 2 aliphatic heterocycles. The summed E-state index contributed by atoms with van der Waals surface area (Å²) in [6.45, 7) is 3.01. The number of β-amino-alcohol motifs (C(OH)–C–C–N with tert-alkyl or cyclic N) is 1. The summed E-state index contributed by atoms with van der Waals surface area (Å²) in [5, 5.41) is 12.6. The minimum absolute atomic E-state index is 0.235. The van der Waals surface area contributed by atoms with Crippen molar-refractivity contribution in [1.29, 1.82) is 0 Å². The molecule has 0 radical (unpaired) electrons. The van der Waals surface area contributed by atoms with E-state index in [1.807, 2.05) is 0 Å². The standard InChI is InChI=1S/C10H20N2O3S/c13-10-6-9(11-7-10)8-12-2-1-4-16(14,15)5-3-12/h9-11,13H,1-8H2. The molecular formula is C10H20N2O3S. The number of hydrogen-bond acceptors (Lipinski definition) is 5. The number of aliphatic hydroxyl groups excluding tert-OH is 1. The van der Waals surface area contributed by atoms with Crippen LogP contribution in [0, 0.1) is 0 Å². The fourth-order valence-corrected chi connectivity index (χ4v) is 3.73. The average molecular weight is 248 g/mol. The molecule has 2 rings (SSSR count). The van der Waals surface area contributed by atoms with Gasteiger partial charge in [-0.15, -0.1) is 0 Å². The molecule has 0 saturated carbocycles. The van der Waals surface area contributed by atoms with Gasteiger partial charge in [-0.1, -0.05) is 0 Å². The number of nitrogens with zero attached hydrogens (tertiary/aromatic N) is 1. The van der Waals surface area contributed by atoms with Gasteiger partial charge in [0.25, 0.3) is 0 Å². The highest BCUT2D eigenvalue weighted by atomic mass is 32.2. The molecule has 5 nitrogen and oxygen atoms in total. The van der Waals surface area contributed by atoms with Crippen molar-refractivity contribution in [1.82, 2.24) is 10.2 Å². The Morgan fingerprint density at radius 2 is 2.12 bits per heavy atom. The Morgan fingerprint density at radius 3 is 2.81 bits per heavy atom. The Labute approximate surface area is 96.7 Å². The first-order chi connectivity index (χ1) is 7.55. The van der Waals surface area contributed by atoms with Crippen molar-refractivity contribution >= 4 is 9.84 Å². The van der Waals surface area contributed by atoms with Gasteiger partial charge in [0.1, 0.15) is 0 Å². The maximum atomic E-state index is 11.4. The van der Waals surface area contributed by atoms with Crippen molar-refractivity contribution in [3.8, 4) is 0 Å². The normalized spacial score (nSPS) is 36.1. The van der Waals surface area contributed by atoms with E-state index in [-0.39, 0.29) is 11.9 Å². The van der Waals surface area contributed by atoms with Crippen LogP contribution < -0.4 is 5.32 Å². The maximum absolute atomic E-state index is 11.4. The second kappa shape index (κ2) is 5.00. The molecule has 6 heteroatoms. The van der Waals surface area contributed by atoms with Gasteiger partial charge >= 0.3 is 0 Å². The van der Waals surface area contributed by atoms with Crippen molar-refractivity contribution in [3.05, 3.63) is 0 Å². The Balaban J connectivity index is 1.82. The smallest absolute Gasteiger partial charge is 0.151 e. The minimum atomic E-state index is -2.81. The first-order valence-electron chi connectivity index (χ1n) is 5.89. The highest BCUT2D eigenvalue weighted by Crippen LogP contribution is 2.11. The molecule has 0 spiro atoms. The van der Waals surface area contributed by atoms with E-state index in [1.165, 1.54) is 0 Å². The highest BCUT2D eigenvalue weighted by Gasteiger charge is 2.26. The number of hydrogen-bond donors (Lipinski definition) is 2. The van der Waals surface area contributed by atoms with Crippen molar-refractivity contribution in [2.75, 3.05) is 37.7 Å². The zero-order valence-corrected chi connectivity index (χ0v) is 10.2. The van der Waals surface area contributed by atoms with Crippen molar-refractivity contribution in [3.63, 3.8) is 0 Å². The van der Waals surface area contributed by atoms with Gasteiger partial charge in [0.2, 0.25) is 0 Å². The van der Waals surface area contributed by atoms with Gasteiger partial charge < -0.3 is 15.3 Å². The van der Waals surface area contributed by atoms with Crippen LogP contribution >= 0.6 is 0 Å². The lowest BCUT2D eigenvalue weighted by Gasteiger charge is -2.23. The predicted octanol–water partition coefficient (Wildman–Crippen LogP) is -1.17. The molecule has 94 valence electrons. The number of sulfone groups is 1. The average Bonchev–Trinajstić information content (AvgIpc) is 2.52. The summed E-state index contributed by atoms with van der Waals surface area (Å²) in [6.07, 6.45) is 1.28. The molecule has 0 bridgehead atoms. The van der Waals surface area contributed by atoms with Crippen LogP contribution in [0.3, 0.4) is 0 Å². The van der Waals surface area contributed by atoms with Crippen LogP contribution in [0.15, 0.2) is 0 Å². The van der Waals surface area contributed by atoms with Crippen LogP contribution in [0.2, 0.25) is 0 Å². The molecule has 2 atom stereocenters. The van der Waals surface area contributed by atoms with E-state index in [2.05, 4.69) is 10.2 Å². The molecule has 0 aromatic carbocycles. The fourth-order valence-electron chi connectivity index (χ4n) is 2.42. The van der Waals surface area contributed by atoms with Gasteiger partial charge in [0.05, 0.1) is 17.6 Å². The van der Waals surface area contributed by atoms with E-state index in [1.54, 1.807) is 0 Å². The summed E-state index contributed by atoms with van der Waals surface area (Å²) >= 11 is 0. The molecule has 0 amide bonds. The van der Waals surface area contributed by atoms with Gasteiger partial charge in [-0.3, -0.25) is 0 Å². The third-order valence-corrected chi connectivity index (χ3v) is 5.04. The number of rotatable bonds is 2. The first kappa shape index (κ1) is 12.3. The van der Waals surface area contributed by atoms with E-state index in [0.29, 0.717) is 24.9 Å². The summed E-state index contributed by atoms with van der Waals surface area (Å²) in [5.41, 5.74) is 0. The molecule has 0 aliphatic carbocycles. The second-order valence-electron chi connectivity index (χ2n) is 4.80. The quantitative estimate of drug-likeness (QED) is 0.644. The summed E-state index contributed by atoms with van der Waals surface area (Å²) in [7, 11) is -2.81. The van der Waals surface area contributed by atoms with Crippen LogP contribution in [0.25, 0.3) is 0 Å². The zero-order chi connectivity index (χ0) is 11.6. The molecular weight excluding hydrogens is 228 g/mol. The topological polar surface area (TPSA) is 69.6 Å². The zero-order valence-electron chi connectivity index (χ0n) is 9.43. The van der Waals surface area contributed by atoms with Gasteiger partial charge in [-0.2, -0.15) is 0 Å². The van der Waals surface area contributed by atoms with Crippen LogP contribution in [0.5, 0.6) is 0 Å². The van der Waals surface area contributed by atoms with Gasteiger partial charge in [0.15, 0.2) is 9.84 Å². The fraction of sp³-hybridized carbons (Fsp3) is 1.00. The lowest BCUT2D eigenvalue weighted by Crippen LogP contribution is -2.38. The number of nitrogens with one attached hydrogen (secondary N) is 1. The van der Waals surface area contributed by atoms with E-state index in [0.717, 1.165) is 25.9 Å². The van der Waals surface area contributed by atoms with E-state index < -0.39 is 9.84 Å². The van der Waals surface area contributed by atoms with Gasteiger partial charge in [0, 0.05) is 25.7 Å². The lowest BCUT2D eigenvalue weighted by atomic mass is 10.2. The van der Waals surface area contributed by atoms with Crippen molar-refractivity contribution in [2.24, 2.45) is 0 Å². The lowest BCUT2D eigenvalue weighted by molar-refractivity contribution is 0.188. The SMILES string of the molecule is O=S1(=O)CCCN(CC2CC(O)CN2)CC1. The Hall–Kier alpha value is -0.170. The molecule has 2 heterocycles. The van der Waals surface area contributed by atoms with Crippen LogP contribution in [-0.2, 0) is 9.84 Å². The van der Waals surface area contributed by atoms with Crippen LogP contribution in [0.4, 0.5) is 0 Å². The monoisotopic (exact) mass is 248 g/mol. The first-order valence-corrected chi connectivity index (χ1v) is 7.71. The molecule has 2 N–H and O–H groups in total. The van der Waals surface area contributed by atoms with Crippen molar-refractivity contribution < 1.29 is 13.5 Å². The number of aliphatic hydroxyl groups is 1. The molecule has 0 aromatic rings. The molecule has 2 unspecified atom stereocenters. The third-order valence-electron chi connectivity index (χ3n) is 3.33. The molecule has 2 aliphatic rings. The molecule has 0 aromatic heterocycles. The van der Waals surface area contributed by atoms with E-state index >= 15 is 0 Å². The Kier molecular flexibility index (Phi) is 3.84. The Morgan fingerprint density at radius 1 is 1.31 bits per heavy atom. The summed E-state index contributed by atoms with van der Waals surface area (Å²) in [5.74, 6) is 0.604. The third kappa shape index (κ3) is 3.41. The molecule has 2 saturated heterocycles. The van der Waals surface area contributed by atoms with E-state index in [9.17, 15) is 13.5 Å². The summed E-state index contributed by atoms with van der Waals surface area (Å²) < 4.78 is 22.8.